The quantitative estimate of drug-likeness (QED) is 0.690. The molecule has 3 rings (SSSR count). The molecule has 10 heteroatoms. The van der Waals surface area contributed by atoms with E-state index in [1.165, 1.54) is 42.7 Å². The lowest BCUT2D eigenvalue weighted by molar-refractivity contribution is 0.244. The number of carbonyl (C=O) groups excluding carboxylic acids is 1. The van der Waals surface area contributed by atoms with Crippen LogP contribution in [0.3, 0.4) is 0 Å². The molecule has 2 heterocycles. The number of amides is 1. The van der Waals surface area contributed by atoms with E-state index in [2.05, 4.69) is 20.3 Å². The number of pyridine rings is 1. The van der Waals surface area contributed by atoms with E-state index in [1.54, 1.807) is 0 Å². The van der Waals surface area contributed by atoms with Gasteiger partial charge in [0, 0.05) is 11.8 Å². The van der Waals surface area contributed by atoms with E-state index in [4.69, 9.17) is 17.3 Å². The van der Waals surface area contributed by atoms with Crippen molar-refractivity contribution in [1.82, 2.24) is 14.8 Å². The Labute approximate surface area is 145 Å². The van der Waals surface area contributed by atoms with Crippen LogP contribution in [-0.2, 0) is 0 Å². The zero-order chi connectivity index (χ0) is 18.0. The van der Waals surface area contributed by atoms with Gasteiger partial charge in [-0.2, -0.15) is 5.10 Å². The zero-order valence-electron chi connectivity index (χ0n) is 12.5. The maximum absolute atomic E-state index is 13.1. The molecule has 0 aliphatic rings. The van der Waals surface area contributed by atoms with Gasteiger partial charge >= 0.3 is 6.03 Å². The molecule has 8 nitrogen and oxygen atoms in total. The summed E-state index contributed by atoms with van der Waals surface area (Å²) >= 11 is 5.82. The summed E-state index contributed by atoms with van der Waals surface area (Å²) in [5.74, 6) is -1.04. The average molecular weight is 361 g/mol. The highest BCUT2D eigenvalue weighted by Gasteiger charge is 2.21. The van der Waals surface area contributed by atoms with Crippen molar-refractivity contribution in [2.45, 2.75) is 0 Å². The largest absolute Gasteiger partial charge is 0.491 e. The number of hydrogen-bond acceptors (Lipinski definition) is 6. The SMILES string of the molecule is NC(=O)n1nc(-c2ccc(F)cc2)c(/N=N/c2cncc(Cl)c2)c1O. The number of nitrogens with zero attached hydrogens (tertiary/aromatic N) is 5. The Bertz CT molecular complexity index is 971. The summed E-state index contributed by atoms with van der Waals surface area (Å²) in [6.45, 7) is 0. The van der Waals surface area contributed by atoms with Gasteiger partial charge in [-0.15, -0.1) is 14.9 Å². The molecule has 0 bridgehead atoms. The normalized spacial score (nSPS) is 11.1. The lowest BCUT2D eigenvalue weighted by Gasteiger charge is -1.98. The van der Waals surface area contributed by atoms with Gasteiger partial charge in [0.1, 0.15) is 17.2 Å². The van der Waals surface area contributed by atoms with Crippen LogP contribution in [0.4, 0.5) is 20.6 Å². The van der Waals surface area contributed by atoms with Crippen molar-refractivity contribution in [1.29, 1.82) is 0 Å². The Morgan fingerprint density at radius 1 is 1.24 bits per heavy atom. The zero-order valence-corrected chi connectivity index (χ0v) is 13.2. The summed E-state index contributed by atoms with van der Waals surface area (Å²) in [6, 6.07) is 5.75. The molecule has 25 heavy (non-hydrogen) atoms. The van der Waals surface area contributed by atoms with E-state index >= 15 is 0 Å². The summed E-state index contributed by atoms with van der Waals surface area (Å²) in [5.41, 5.74) is 5.90. The van der Waals surface area contributed by atoms with Crippen molar-refractivity contribution in [3.05, 3.63) is 53.6 Å². The molecule has 126 valence electrons. The van der Waals surface area contributed by atoms with Gasteiger partial charge in [0.2, 0.25) is 5.88 Å². The number of hydrogen-bond donors (Lipinski definition) is 2. The van der Waals surface area contributed by atoms with E-state index in [9.17, 15) is 14.3 Å². The van der Waals surface area contributed by atoms with Crippen molar-refractivity contribution in [3.8, 4) is 17.1 Å². The molecule has 0 aliphatic carbocycles. The number of halogens is 2. The lowest BCUT2D eigenvalue weighted by Crippen LogP contribution is -2.20. The second-order valence-electron chi connectivity index (χ2n) is 4.84. The molecule has 2 aromatic heterocycles. The lowest BCUT2D eigenvalue weighted by atomic mass is 10.1. The molecule has 0 spiro atoms. The summed E-state index contributed by atoms with van der Waals surface area (Å²) in [6.07, 6.45) is 2.83. The Hall–Kier alpha value is -3.33. The highest BCUT2D eigenvalue weighted by molar-refractivity contribution is 6.30. The first-order valence-electron chi connectivity index (χ1n) is 6.85. The van der Waals surface area contributed by atoms with Gasteiger partial charge in [-0.05, 0) is 30.3 Å². The molecule has 0 saturated carbocycles. The second-order valence-corrected chi connectivity index (χ2v) is 5.28. The number of nitrogens with two attached hydrogens (primary N) is 1. The Morgan fingerprint density at radius 2 is 1.96 bits per heavy atom. The Balaban J connectivity index is 2.10. The van der Waals surface area contributed by atoms with Gasteiger partial charge in [0.25, 0.3) is 0 Å². The summed E-state index contributed by atoms with van der Waals surface area (Å²) in [7, 11) is 0. The third-order valence-corrected chi connectivity index (χ3v) is 3.33. The van der Waals surface area contributed by atoms with Crippen LogP contribution in [0, 0.1) is 5.82 Å². The third kappa shape index (κ3) is 3.45. The van der Waals surface area contributed by atoms with Crippen molar-refractivity contribution < 1.29 is 14.3 Å². The van der Waals surface area contributed by atoms with Crippen LogP contribution < -0.4 is 5.73 Å². The highest BCUT2D eigenvalue weighted by atomic mass is 35.5. The minimum atomic E-state index is -1.01. The van der Waals surface area contributed by atoms with Crippen LogP contribution in [0.1, 0.15) is 0 Å². The number of azo groups is 1. The first kappa shape index (κ1) is 16.5. The predicted molar refractivity (Wildman–Crippen MR) is 87.7 cm³/mol. The fraction of sp³-hybridized carbons (Fsp3) is 0. The summed E-state index contributed by atoms with van der Waals surface area (Å²) in [4.78, 5) is 15.3. The van der Waals surface area contributed by atoms with Gasteiger partial charge in [0.15, 0.2) is 5.69 Å². The first-order chi connectivity index (χ1) is 12.0. The summed E-state index contributed by atoms with van der Waals surface area (Å²) in [5, 5.41) is 22.2. The Kier molecular flexibility index (Phi) is 4.40. The van der Waals surface area contributed by atoms with Gasteiger partial charge in [-0.1, -0.05) is 11.6 Å². The van der Waals surface area contributed by atoms with E-state index in [0.29, 0.717) is 21.0 Å². The molecule has 0 fully saturated rings. The van der Waals surface area contributed by atoms with E-state index in [1.807, 2.05) is 0 Å². The predicted octanol–water partition coefficient (Wildman–Crippen LogP) is 3.79. The average Bonchev–Trinajstić information content (AvgIpc) is 2.91. The number of rotatable bonds is 3. The molecule has 3 N–H and O–H groups in total. The summed E-state index contributed by atoms with van der Waals surface area (Å²) < 4.78 is 13.7. The third-order valence-electron chi connectivity index (χ3n) is 3.12. The van der Waals surface area contributed by atoms with Crippen LogP contribution in [0.15, 0.2) is 53.0 Å². The molecule has 0 unspecified atom stereocenters. The molecular formula is C15H10ClFN6O2. The molecule has 0 radical (unpaired) electrons. The second kappa shape index (κ2) is 6.65. The van der Waals surface area contributed by atoms with Gasteiger partial charge < -0.3 is 10.8 Å². The van der Waals surface area contributed by atoms with Crippen LogP contribution in [0.25, 0.3) is 11.3 Å². The first-order valence-corrected chi connectivity index (χ1v) is 7.23. The number of primary amides is 1. The maximum Gasteiger partial charge on any atom is 0.342 e. The van der Waals surface area contributed by atoms with Crippen molar-refractivity contribution in [3.63, 3.8) is 0 Å². The van der Waals surface area contributed by atoms with E-state index in [-0.39, 0.29) is 11.4 Å². The van der Waals surface area contributed by atoms with Crippen LogP contribution in [0.2, 0.25) is 5.02 Å². The molecule has 1 amide bonds. The van der Waals surface area contributed by atoms with Gasteiger partial charge in [-0.25, -0.2) is 9.18 Å². The fourth-order valence-corrected chi connectivity index (χ4v) is 2.18. The number of benzene rings is 1. The van der Waals surface area contributed by atoms with Crippen LogP contribution >= 0.6 is 11.6 Å². The standard InChI is InChI=1S/C15H10ClFN6O2/c16-9-5-11(7-19-6-9)20-21-13-12(8-1-3-10(17)4-2-8)22-23(14(13)24)15(18)25/h1-7,24H,(H2,18,25)/b21-20+. The van der Waals surface area contributed by atoms with Crippen LogP contribution in [0.5, 0.6) is 5.88 Å². The van der Waals surface area contributed by atoms with Gasteiger partial charge in [0.05, 0.1) is 11.2 Å². The van der Waals surface area contributed by atoms with E-state index in [0.717, 1.165) is 0 Å². The molecule has 0 aliphatic heterocycles. The topological polar surface area (TPSA) is 119 Å². The molecule has 3 aromatic rings. The molecular weight excluding hydrogens is 351 g/mol. The monoisotopic (exact) mass is 360 g/mol. The molecule has 0 saturated heterocycles. The Morgan fingerprint density at radius 3 is 2.60 bits per heavy atom. The minimum Gasteiger partial charge on any atom is -0.491 e. The maximum atomic E-state index is 13.1. The highest BCUT2D eigenvalue weighted by Crippen LogP contribution is 2.38. The van der Waals surface area contributed by atoms with Crippen molar-refractivity contribution in [2.24, 2.45) is 16.0 Å². The minimum absolute atomic E-state index is 0.106. The molecule has 1 aromatic carbocycles. The van der Waals surface area contributed by atoms with E-state index < -0.39 is 17.7 Å². The smallest absolute Gasteiger partial charge is 0.342 e. The number of aromatic nitrogens is 3. The fourth-order valence-electron chi connectivity index (χ4n) is 2.01. The number of aromatic hydroxyl groups is 1. The van der Waals surface area contributed by atoms with Gasteiger partial charge in [-0.3, -0.25) is 4.98 Å². The van der Waals surface area contributed by atoms with Crippen molar-refractivity contribution >= 4 is 29.0 Å². The molecule has 0 atom stereocenters. The number of carbonyl (C=O) groups is 1. The van der Waals surface area contributed by atoms with Crippen molar-refractivity contribution in [2.75, 3.05) is 0 Å². The van der Waals surface area contributed by atoms with Crippen LogP contribution in [-0.4, -0.2) is 25.9 Å².